The van der Waals surface area contributed by atoms with Gasteiger partial charge in [0.05, 0.1) is 6.10 Å². The number of benzene rings is 1. The van der Waals surface area contributed by atoms with Crippen LogP contribution in [0, 0.1) is 5.41 Å². The molecule has 0 bridgehead atoms. The monoisotopic (exact) mass is 330 g/mol. The van der Waals surface area contributed by atoms with Crippen LogP contribution in [-0.2, 0) is 9.59 Å². The van der Waals surface area contributed by atoms with Gasteiger partial charge in [0.1, 0.15) is 0 Å². The molecular weight excluding hydrogens is 304 g/mol. The standard InChI is InChI=1S/C19H26N2O3/c1-19(2,3)16(22)13-20-17(23)11-8-14-6-9-15(10-7-14)21-12-4-5-18(21)24/h6-11,16,22H,4-5,12-13H2,1-3H3,(H,20,23)/b11-8+. The van der Waals surface area contributed by atoms with Crippen LogP contribution < -0.4 is 10.2 Å². The Kier molecular flexibility index (Phi) is 5.78. The first-order valence-electron chi connectivity index (χ1n) is 8.32. The summed E-state index contributed by atoms with van der Waals surface area (Å²) in [6.07, 6.45) is 4.09. The highest BCUT2D eigenvalue weighted by molar-refractivity contribution is 5.95. The van der Waals surface area contributed by atoms with E-state index in [1.54, 1.807) is 11.0 Å². The third-order valence-electron chi connectivity index (χ3n) is 4.17. The average molecular weight is 330 g/mol. The molecule has 1 aliphatic heterocycles. The van der Waals surface area contributed by atoms with E-state index in [1.165, 1.54) is 6.08 Å². The molecule has 0 radical (unpaired) electrons. The zero-order valence-corrected chi connectivity index (χ0v) is 14.6. The fourth-order valence-corrected chi connectivity index (χ4v) is 2.42. The highest BCUT2D eigenvalue weighted by atomic mass is 16.3. The zero-order chi connectivity index (χ0) is 17.7. The number of hydrogen-bond acceptors (Lipinski definition) is 3. The topological polar surface area (TPSA) is 69.6 Å². The fourth-order valence-electron chi connectivity index (χ4n) is 2.42. The lowest BCUT2D eigenvalue weighted by Crippen LogP contribution is -2.38. The van der Waals surface area contributed by atoms with Gasteiger partial charge in [0, 0.05) is 31.3 Å². The lowest BCUT2D eigenvalue weighted by molar-refractivity contribution is -0.117. The molecule has 1 aliphatic rings. The summed E-state index contributed by atoms with van der Waals surface area (Å²) in [5.74, 6) is -0.0767. The molecular formula is C19H26N2O3. The Morgan fingerprint density at radius 3 is 2.54 bits per heavy atom. The van der Waals surface area contributed by atoms with Gasteiger partial charge in [-0.1, -0.05) is 32.9 Å². The second kappa shape index (κ2) is 7.62. The minimum atomic E-state index is -0.591. The molecule has 2 amide bonds. The summed E-state index contributed by atoms with van der Waals surface area (Å²) < 4.78 is 0. The highest BCUT2D eigenvalue weighted by Crippen LogP contribution is 2.22. The van der Waals surface area contributed by atoms with E-state index < -0.39 is 6.10 Å². The molecule has 24 heavy (non-hydrogen) atoms. The van der Waals surface area contributed by atoms with Gasteiger partial charge in [0.2, 0.25) is 11.8 Å². The Balaban J connectivity index is 1.87. The van der Waals surface area contributed by atoms with Crippen molar-refractivity contribution in [3.05, 3.63) is 35.9 Å². The predicted octanol–water partition coefficient (Wildman–Crippen LogP) is 2.35. The van der Waals surface area contributed by atoms with Gasteiger partial charge < -0.3 is 15.3 Å². The van der Waals surface area contributed by atoms with Gasteiger partial charge in [-0.3, -0.25) is 9.59 Å². The molecule has 1 aromatic carbocycles. The molecule has 5 nitrogen and oxygen atoms in total. The van der Waals surface area contributed by atoms with E-state index in [9.17, 15) is 14.7 Å². The molecule has 5 heteroatoms. The first-order valence-corrected chi connectivity index (χ1v) is 8.32. The number of amides is 2. The predicted molar refractivity (Wildman–Crippen MR) is 95.5 cm³/mol. The average Bonchev–Trinajstić information content (AvgIpc) is 2.96. The van der Waals surface area contributed by atoms with Crippen molar-refractivity contribution in [2.75, 3.05) is 18.0 Å². The zero-order valence-electron chi connectivity index (χ0n) is 14.6. The Labute approximate surface area is 143 Å². The van der Waals surface area contributed by atoms with Gasteiger partial charge in [-0.05, 0) is 35.6 Å². The van der Waals surface area contributed by atoms with Crippen LogP contribution >= 0.6 is 0 Å². The lowest BCUT2D eigenvalue weighted by Gasteiger charge is -2.25. The van der Waals surface area contributed by atoms with Crippen LogP contribution in [0.25, 0.3) is 6.08 Å². The second-order valence-corrected chi connectivity index (χ2v) is 7.20. The summed E-state index contributed by atoms with van der Waals surface area (Å²) >= 11 is 0. The molecule has 2 rings (SSSR count). The van der Waals surface area contributed by atoms with Crippen molar-refractivity contribution in [1.82, 2.24) is 5.32 Å². The van der Waals surface area contributed by atoms with Crippen LogP contribution in [0.5, 0.6) is 0 Å². The van der Waals surface area contributed by atoms with Crippen LogP contribution in [0.1, 0.15) is 39.2 Å². The first kappa shape index (κ1) is 18.2. The molecule has 0 aromatic heterocycles. The number of rotatable bonds is 5. The van der Waals surface area contributed by atoms with Crippen molar-refractivity contribution in [3.63, 3.8) is 0 Å². The molecule has 130 valence electrons. The van der Waals surface area contributed by atoms with Crippen molar-refractivity contribution in [1.29, 1.82) is 0 Å². The Hall–Kier alpha value is -2.14. The number of anilines is 1. The van der Waals surface area contributed by atoms with E-state index in [1.807, 2.05) is 45.0 Å². The van der Waals surface area contributed by atoms with Gasteiger partial charge in [-0.15, -0.1) is 0 Å². The SMILES string of the molecule is CC(C)(C)C(O)CNC(=O)/C=C/c1ccc(N2CCCC2=O)cc1. The maximum atomic E-state index is 11.8. The van der Waals surface area contributed by atoms with E-state index in [0.717, 1.165) is 24.2 Å². The molecule has 2 N–H and O–H groups in total. The molecule has 1 aromatic rings. The van der Waals surface area contributed by atoms with Crippen molar-refractivity contribution in [2.24, 2.45) is 5.41 Å². The largest absolute Gasteiger partial charge is 0.391 e. The summed E-state index contributed by atoms with van der Waals surface area (Å²) in [6, 6.07) is 7.55. The highest BCUT2D eigenvalue weighted by Gasteiger charge is 2.22. The van der Waals surface area contributed by atoms with Crippen LogP contribution in [0.2, 0.25) is 0 Å². The molecule has 1 unspecified atom stereocenters. The number of carbonyl (C=O) groups excluding carboxylic acids is 2. The number of aliphatic hydroxyl groups excluding tert-OH is 1. The molecule has 1 fully saturated rings. The molecule has 0 saturated carbocycles. The van der Waals surface area contributed by atoms with E-state index in [4.69, 9.17) is 0 Å². The van der Waals surface area contributed by atoms with E-state index in [-0.39, 0.29) is 23.8 Å². The van der Waals surface area contributed by atoms with E-state index in [2.05, 4.69) is 5.32 Å². The smallest absolute Gasteiger partial charge is 0.244 e. The molecule has 1 atom stereocenters. The molecule has 0 spiro atoms. The Bertz CT molecular complexity index is 614. The van der Waals surface area contributed by atoms with Gasteiger partial charge in [0.25, 0.3) is 0 Å². The van der Waals surface area contributed by atoms with Gasteiger partial charge in [-0.25, -0.2) is 0 Å². The quantitative estimate of drug-likeness (QED) is 0.814. The van der Waals surface area contributed by atoms with Crippen LogP contribution in [0.15, 0.2) is 30.3 Å². The first-order chi connectivity index (χ1) is 11.3. The summed E-state index contributed by atoms with van der Waals surface area (Å²) in [6.45, 7) is 6.76. The van der Waals surface area contributed by atoms with Gasteiger partial charge >= 0.3 is 0 Å². The van der Waals surface area contributed by atoms with Gasteiger partial charge in [0.15, 0.2) is 0 Å². The maximum absolute atomic E-state index is 11.8. The molecule has 0 aliphatic carbocycles. The summed E-state index contributed by atoms with van der Waals surface area (Å²) in [7, 11) is 0. The second-order valence-electron chi connectivity index (χ2n) is 7.20. The summed E-state index contributed by atoms with van der Waals surface area (Å²) in [4.78, 5) is 25.3. The van der Waals surface area contributed by atoms with Crippen molar-refractivity contribution >= 4 is 23.6 Å². The maximum Gasteiger partial charge on any atom is 0.244 e. The summed E-state index contributed by atoms with van der Waals surface area (Å²) in [5.41, 5.74) is 1.52. The molecule has 1 heterocycles. The Morgan fingerprint density at radius 2 is 2.00 bits per heavy atom. The number of hydrogen-bond donors (Lipinski definition) is 2. The third kappa shape index (κ3) is 4.93. The number of nitrogens with zero attached hydrogens (tertiary/aromatic N) is 1. The third-order valence-corrected chi connectivity index (χ3v) is 4.17. The lowest BCUT2D eigenvalue weighted by atomic mass is 9.89. The fraction of sp³-hybridized carbons (Fsp3) is 0.474. The number of carbonyl (C=O) groups is 2. The number of nitrogens with one attached hydrogen (secondary N) is 1. The summed E-state index contributed by atoms with van der Waals surface area (Å²) in [5, 5.41) is 12.6. The van der Waals surface area contributed by atoms with Crippen molar-refractivity contribution in [2.45, 2.75) is 39.7 Å². The normalized spacial score (nSPS) is 16.7. The number of aliphatic hydroxyl groups is 1. The van der Waals surface area contributed by atoms with Crippen LogP contribution in [0.3, 0.4) is 0 Å². The van der Waals surface area contributed by atoms with Gasteiger partial charge in [-0.2, -0.15) is 0 Å². The van der Waals surface area contributed by atoms with Crippen molar-refractivity contribution < 1.29 is 14.7 Å². The van der Waals surface area contributed by atoms with Crippen LogP contribution in [-0.4, -0.2) is 36.1 Å². The van der Waals surface area contributed by atoms with E-state index >= 15 is 0 Å². The van der Waals surface area contributed by atoms with Crippen molar-refractivity contribution in [3.8, 4) is 0 Å². The minimum Gasteiger partial charge on any atom is -0.391 e. The minimum absolute atomic E-state index is 0.162. The van der Waals surface area contributed by atoms with Crippen LogP contribution in [0.4, 0.5) is 5.69 Å². The van der Waals surface area contributed by atoms with E-state index in [0.29, 0.717) is 6.42 Å². The Morgan fingerprint density at radius 1 is 1.33 bits per heavy atom. The molecule has 1 saturated heterocycles.